The van der Waals surface area contributed by atoms with Crippen molar-refractivity contribution >= 4 is 51.4 Å². The van der Waals surface area contributed by atoms with Crippen LogP contribution in [0.3, 0.4) is 0 Å². The number of nitrogens with zero attached hydrogens (tertiary/aromatic N) is 4. The first kappa shape index (κ1) is 16.7. The molecule has 3 N–H and O–H groups in total. The predicted octanol–water partition coefficient (Wildman–Crippen LogP) is 0.716. The van der Waals surface area contributed by atoms with E-state index in [-0.39, 0.29) is 12.4 Å². The van der Waals surface area contributed by atoms with Crippen LogP contribution in [0, 0.1) is 0 Å². The fraction of sp³-hybridized carbons (Fsp3) is 0.545. The van der Waals surface area contributed by atoms with E-state index >= 15 is 0 Å². The molecule has 2 fully saturated rings. The maximum atomic E-state index is 9.92. The Labute approximate surface area is 149 Å². The number of fused-ring (bicyclic) bond motifs is 2. The van der Waals surface area contributed by atoms with Gasteiger partial charge in [-0.2, -0.15) is 0 Å². The van der Waals surface area contributed by atoms with Crippen molar-refractivity contribution in [1.82, 2.24) is 19.5 Å². The van der Waals surface area contributed by atoms with Crippen LogP contribution in [-0.2, 0) is 30.3 Å². The Kier molecular flexibility index (Phi) is 4.13. The molecule has 0 aliphatic carbocycles. The first-order valence-corrected chi connectivity index (χ1v) is 10.3. The highest BCUT2D eigenvalue weighted by molar-refractivity contribution is 9.10. The molecule has 0 radical (unpaired) electrons. The summed E-state index contributed by atoms with van der Waals surface area (Å²) in [5, 5.41) is 0. The van der Waals surface area contributed by atoms with E-state index in [2.05, 4.69) is 30.9 Å². The molecule has 4 heterocycles. The molecule has 13 heteroatoms. The highest BCUT2D eigenvalue weighted by Crippen LogP contribution is 2.53. The van der Waals surface area contributed by atoms with Gasteiger partial charge in [-0.25, -0.2) is 15.0 Å². The molecule has 2 aromatic rings. The monoisotopic (exact) mass is 437 g/mol. The van der Waals surface area contributed by atoms with Crippen LogP contribution >= 0.6 is 22.6 Å². The second-order valence-electron chi connectivity index (χ2n) is 5.28. The summed E-state index contributed by atoms with van der Waals surface area (Å²) in [5.74, 6) is 0.259. The number of hydrogen-bond donors (Lipinski definition) is 2. The number of nitrogens with two attached hydrogens (primary N) is 1. The van der Waals surface area contributed by atoms with Gasteiger partial charge in [0.2, 0.25) is 0 Å². The van der Waals surface area contributed by atoms with Crippen molar-refractivity contribution in [2.45, 2.75) is 24.5 Å². The van der Waals surface area contributed by atoms with Gasteiger partial charge in [0.1, 0.15) is 24.6 Å². The SMILES string of the molecule is CO[C@H]1C2OP(O)(=S)OC[C@H]2O[C@H]1n1c(Br)nc2c(N)ncnc21. The topological polar surface area (TPSA) is 127 Å². The van der Waals surface area contributed by atoms with E-state index in [9.17, 15) is 4.89 Å². The van der Waals surface area contributed by atoms with Crippen molar-refractivity contribution in [3.63, 3.8) is 0 Å². The second-order valence-corrected chi connectivity index (χ2v) is 8.78. The van der Waals surface area contributed by atoms with E-state index in [1.165, 1.54) is 13.4 Å². The van der Waals surface area contributed by atoms with Crippen LogP contribution in [0.5, 0.6) is 0 Å². The molecule has 130 valence electrons. The highest BCUT2D eigenvalue weighted by atomic mass is 79.9. The first-order chi connectivity index (χ1) is 11.4. The predicted molar refractivity (Wildman–Crippen MR) is 89.5 cm³/mol. The van der Waals surface area contributed by atoms with Crippen molar-refractivity contribution in [1.29, 1.82) is 0 Å². The van der Waals surface area contributed by atoms with Crippen LogP contribution in [-0.4, -0.2) is 56.4 Å². The number of imidazole rings is 1. The van der Waals surface area contributed by atoms with E-state index in [0.717, 1.165) is 0 Å². The molecule has 5 atom stereocenters. The van der Waals surface area contributed by atoms with Gasteiger partial charge >= 0.3 is 6.72 Å². The molecule has 2 aliphatic rings. The molecule has 0 aromatic carbocycles. The lowest BCUT2D eigenvalue weighted by Crippen LogP contribution is -2.40. The largest absolute Gasteiger partial charge is 0.382 e. The third-order valence-electron chi connectivity index (χ3n) is 3.93. The summed E-state index contributed by atoms with van der Waals surface area (Å²) < 4.78 is 24.4. The normalized spacial score (nSPS) is 36.1. The average molecular weight is 438 g/mol. The van der Waals surface area contributed by atoms with Crippen LogP contribution < -0.4 is 5.73 Å². The Hall–Kier alpha value is -0.720. The smallest absolute Gasteiger partial charge is 0.325 e. The van der Waals surface area contributed by atoms with Crippen LogP contribution in [0.25, 0.3) is 11.2 Å². The van der Waals surface area contributed by atoms with Gasteiger partial charge in [-0.1, -0.05) is 0 Å². The molecule has 2 aromatic heterocycles. The van der Waals surface area contributed by atoms with Gasteiger partial charge in [0.05, 0.1) is 6.61 Å². The second kappa shape index (κ2) is 5.92. The Bertz CT molecular complexity index is 852. The third-order valence-corrected chi connectivity index (χ3v) is 6.05. The molecule has 2 saturated heterocycles. The van der Waals surface area contributed by atoms with Crippen molar-refractivity contribution in [2.24, 2.45) is 0 Å². The van der Waals surface area contributed by atoms with Crippen LogP contribution in [0.15, 0.2) is 11.1 Å². The zero-order valence-electron chi connectivity index (χ0n) is 12.3. The summed E-state index contributed by atoms with van der Waals surface area (Å²) in [6, 6.07) is 0. The maximum Gasteiger partial charge on any atom is 0.325 e. The summed E-state index contributed by atoms with van der Waals surface area (Å²) in [6.07, 6.45) is -0.812. The van der Waals surface area contributed by atoms with Gasteiger partial charge in [-0.3, -0.25) is 9.09 Å². The number of nitrogen functional groups attached to an aromatic ring is 1. The van der Waals surface area contributed by atoms with Gasteiger partial charge in [-0.05, 0) is 27.7 Å². The lowest BCUT2D eigenvalue weighted by Gasteiger charge is -2.31. The van der Waals surface area contributed by atoms with E-state index < -0.39 is 31.3 Å². The van der Waals surface area contributed by atoms with Gasteiger partial charge in [0, 0.05) is 7.11 Å². The molecule has 0 bridgehead atoms. The number of ether oxygens (including phenoxy) is 2. The lowest BCUT2D eigenvalue weighted by molar-refractivity contribution is -0.0618. The van der Waals surface area contributed by atoms with Crippen LogP contribution in [0.4, 0.5) is 5.82 Å². The van der Waals surface area contributed by atoms with Gasteiger partial charge in [0.25, 0.3) is 0 Å². The number of anilines is 1. The Morgan fingerprint density at radius 1 is 1.54 bits per heavy atom. The fourth-order valence-corrected chi connectivity index (χ4v) is 4.89. The standard InChI is InChI=1S/C11H13BrN5O5PS/c1-19-7-6-4(2-20-23(18,24)22-6)21-10(7)17-9-5(16-11(17)12)8(13)14-3-15-9/h3-4,6-7,10H,2H2,1H3,(H,18,24)(H2,13,14,15)/t4-,6?,7+,10-,23?/m1/s1. The number of hydrogen-bond acceptors (Lipinski definition) is 9. The van der Waals surface area contributed by atoms with Gasteiger partial charge in [-0.15, -0.1) is 0 Å². The molecular formula is C11H13BrN5O5PS. The molecule has 2 aliphatic heterocycles. The molecule has 0 amide bonds. The summed E-state index contributed by atoms with van der Waals surface area (Å²) in [6.45, 7) is -3.17. The van der Waals surface area contributed by atoms with E-state index in [4.69, 9.17) is 36.1 Å². The molecule has 10 nitrogen and oxygen atoms in total. The van der Waals surface area contributed by atoms with Crippen LogP contribution in [0.1, 0.15) is 6.23 Å². The number of methoxy groups -OCH3 is 1. The summed E-state index contributed by atoms with van der Waals surface area (Å²) in [5.41, 5.74) is 6.79. The quantitative estimate of drug-likeness (QED) is 0.512. The minimum Gasteiger partial charge on any atom is -0.382 e. The van der Waals surface area contributed by atoms with Crippen LogP contribution in [0.2, 0.25) is 0 Å². The summed E-state index contributed by atoms with van der Waals surface area (Å²) in [7, 11) is 1.53. The number of halogens is 1. The molecule has 24 heavy (non-hydrogen) atoms. The molecule has 0 spiro atoms. The van der Waals surface area contributed by atoms with Crippen molar-refractivity contribution in [3.8, 4) is 0 Å². The van der Waals surface area contributed by atoms with E-state index in [0.29, 0.717) is 15.9 Å². The molecule has 4 rings (SSSR count). The molecule has 0 saturated carbocycles. The number of aromatic nitrogens is 4. The minimum absolute atomic E-state index is 0.121. The van der Waals surface area contributed by atoms with Gasteiger partial charge < -0.3 is 24.6 Å². The Balaban J connectivity index is 1.79. The lowest BCUT2D eigenvalue weighted by atomic mass is 10.1. The Morgan fingerprint density at radius 2 is 2.33 bits per heavy atom. The van der Waals surface area contributed by atoms with Crippen molar-refractivity contribution < 1.29 is 23.4 Å². The third kappa shape index (κ3) is 2.58. The average Bonchev–Trinajstić information content (AvgIpc) is 3.03. The number of rotatable bonds is 2. The Morgan fingerprint density at radius 3 is 3.08 bits per heavy atom. The fourth-order valence-electron chi connectivity index (χ4n) is 2.91. The maximum absolute atomic E-state index is 9.92. The molecular weight excluding hydrogens is 425 g/mol. The van der Waals surface area contributed by atoms with Crippen molar-refractivity contribution in [2.75, 3.05) is 19.5 Å². The zero-order chi connectivity index (χ0) is 17.1. The van der Waals surface area contributed by atoms with Crippen molar-refractivity contribution in [3.05, 3.63) is 11.1 Å². The highest BCUT2D eigenvalue weighted by Gasteiger charge is 2.52. The molecule has 2 unspecified atom stereocenters. The summed E-state index contributed by atoms with van der Waals surface area (Å²) >= 11 is 8.31. The summed E-state index contributed by atoms with van der Waals surface area (Å²) in [4.78, 5) is 22.4. The minimum atomic E-state index is -3.29. The van der Waals surface area contributed by atoms with E-state index in [1.807, 2.05) is 0 Å². The zero-order valence-corrected chi connectivity index (χ0v) is 15.6. The first-order valence-electron chi connectivity index (χ1n) is 6.89. The van der Waals surface area contributed by atoms with Gasteiger partial charge in [0.15, 0.2) is 27.9 Å². The van der Waals surface area contributed by atoms with E-state index in [1.54, 1.807) is 4.57 Å².